The number of ether oxygens (including phenoxy) is 1. The molecule has 7 nitrogen and oxygen atoms in total. The van der Waals surface area contributed by atoms with Crippen LogP contribution in [0.3, 0.4) is 0 Å². The van der Waals surface area contributed by atoms with Gasteiger partial charge in [0.25, 0.3) is 11.5 Å². The lowest BCUT2D eigenvalue weighted by Crippen LogP contribution is -2.41. The molecular formula is C25H33N3O4. The average Bonchev–Trinajstić information content (AvgIpc) is 2.78. The Labute approximate surface area is 188 Å². The summed E-state index contributed by atoms with van der Waals surface area (Å²) in [6.45, 7) is 2.65. The highest BCUT2D eigenvalue weighted by atomic mass is 16.5. The first-order valence-corrected chi connectivity index (χ1v) is 11.9. The van der Waals surface area contributed by atoms with Crippen molar-refractivity contribution in [3.8, 4) is 0 Å². The highest BCUT2D eigenvalue weighted by molar-refractivity contribution is 5.95. The van der Waals surface area contributed by atoms with Crippen LogP contribution in [-0.4, -0.2) is 46.0 Å². The summed E-state index contributed by atoms with van der Waals surface area (Å²) in [5.74, 6) is 0.740. The lowest BCUT2D eigenvalue weighted by atomic mass is 9.87. The van der Waals surface area contributed by atoms with Gasteiger partial charge in [0.05, 0.1) is 16.5 Å². The van der Waals surface area contributed by atoms with Gasteiger partial charge in [0.2, 0.25) is 0 Å². The minimum absolute atomic E-state index is 0.0505. The molecule has 0 atom stereocenters. The Bertz CT molecular complexity index is 1050. The molecule has 4 rings (SSSR count). The summed E-state index contributed by atoms with van der Waals surface area (Å²) in [6.07, 6.45) is 9.25. The number of hydrogen-bond acceptors (Lipinski definition) is 5. The highest BCUT2D eigenvalue weighted by Crippen LogP contribution is 2.26. The van der Waals surface area contributed by atoms with Crippen LogP contribution in [0.2, 0.25) is 0 Å². The lowest BCUT2D eigenvalue weighted by molar-refractivity contribution is -0.136. The van der Waals surface area contributed by atoms with Crippen molar-refractivity contribution in [1.82, 2.24) is 14.5 Å². The van der Waals surface area contributed by atoms with E-state index in [0.29, 0.717) is 28.9 Å². The van der Waals surface area contributed by atoms with Gasteiger partial charge in [0.15, 0.2) is 6.61 Å². The maximum atomic E-state index is 12.9. The molecule has 0 bridgehead atoms. The van der Waals surface area contributed by atoms with E-state index < -0.39 is 5.97 Å². The van der Waals surface area contributed by atoms with Crippen molar-refractivity contribution >= 4 is 22.8 Å². The predicted octanol–water partition coefficient (Wildman–Crippen LogP) is 3.71. The predicted molar refractivity (Wildman–Crippen MR) is 123 cm³/mol. The van der Waals surface area contributed by atoms with Crippen LogP contribution in [0.25, 0.3) is 10.9 Å². The molecule has 7 heteroatoms. The molecule has 1 fully saturated rings. The second-order valence-electron chi connectivity index (χ2n) is 9.38. The number of carbonyl (C=O) groups is 2. The van der Waals surface area contributed by atoms with E-state index >= 15 is 0 Å². The smallest absolute Gasteiger partial charge is 0.338 e. The summed E-state index contributed by atoms with van der Waals surface area (Å²) in [7, 11) is 1.79. The van der Waals surface area contributed by atoms with Crippen LogP contribution >= 0.6 is 0 Å². The van der Waals surface area contributed by atoms with E-state index in [9.17, 15) is 14.4 Å². The number of aryl methyl sites for hydroxylation is 1. The fraction of sp³-hybridized carbons (Fsp3) is 0.600. The summed E-state index contributed by atoms with van der Waals surface area (Å²) in [5, 5.41) is 0.508. The Morgan fingerprint density at radius 3 is 2.66 bits per heavy atom. The van der Waals surface area contributed by atoms with Crippen LogP contribution < -0.4 is 5.56 Å². The second kappa shape index (κ2) is 9.84. The summed E-state index contributed by atoms with van der Waals surface area (Å²) in [6, 6.07) is 5.05. The number of likely N-dealkylation sites (N-methyl/N-ethyl adjacent to an activating group) is 1. The van der Waals surface area contributed by atoms with Crippen LogP contribution in [-0.2, 0) is 22.5 Å². The molecule has 1 amide bonds. The van der Waals surface area contributed by atoms with Gasteiger partial charge in [-0.25, -0.2) is 9.78 Å². The zero-order valence-electron chi connectivity index (χ0n) is 19.1. The van der Waals surface area contributed by atoms with E-state index in [0.717, 1.165) is 63.6 Å². The summed E-state index contributed by atoms with van der Waals surface area (Å²) in [5.41, 5.74) is 0.767. The average molecular weight is 440 g/mol. The Kier molecular flexibility index (Phi) is 6.92. The molecule has 0 saturated heterocycles. The zero-order chi connectivity index (χ0) is 22.7. The third-order valence-electron chi connectivity index (χ3n) is 7.06. The fourth-order valence-corrected chi connectivity index (χ4v) is 4.87. The number of benzene rings is 1. The monoisotopic (exact) mass is 439 g/mol. The van der Waals surface area contributed by atoms with E-state index in [1.165, 1.54) is 0 Å². The Morgan fingerprint density at radius 2 is 1.88 bits per heavy atom. The zero-order valence-corrected chi connectivity index (χ0v) is 19.1. The topological polar surface area (TPSA) is 81.5 Å². The van der Waals surface area contributed by atoms with Crippen molar-refractivity contribution in [2.24, 2.45) is 5.92 Å². The number of fused-ring (bicyclic) bond motifs is 2. The van der Waals surface area contributed by atoms with Crippen molar-refractivity contribution in [2.45, 2.75) is 77.3 Å². The first kappa shape index (κ1) is 22.5. The molecule has 0 radical (unpaired) electrons. The third kappa shape index (κ3) is 4.87. The quantitative estimate of drug-likeness (QED) is 0.679. The molecular weight excluding hydrogens is 406 g/mol. The molecule has 1 aliphatic carbocycles. The standard InChI is InChI=1S/C25H33N3O4/c1-17-8-11-19(12-9-17)27(2)23(29)16-32-25(31)18-10-13-20-21(15-18)26-22-7-5-3-4-6-14-28(22)24(20)30/h10,13,15,17,19H,3-9,11-12,14,16H2,1-2H3. The van der Waals surface area contributed by atoms with Crippen LogP contribution in [0.5, 0.6) is 0 Å². The lowest BCUT2D eigenvalue weighted by Gasteiger charge is -2.33. The first-order valence-electron chi connectivity index (χ1n) is 11.9. The largest absolute Gasteiger partial charge is 0.452 e. The molecule has 1 aliphatic heterocycles. The van der Waals surface area contributed by atoms with Crippen molar-refractivity contribution in [3.05, 3.63) is 39.9 Å². The number of carbonyl (C=O) groups excluding carboxylic acids is 2. The van der Waals surface area contributed by atoms with Gasteiger partial charge in [-0.2, -0.15) is 0 Å². The minimum Gasteiger partial charge on any atom is -0.452 e. The van der Waals surface area contributed by atoms with E-state index in [4.69, 9.17) is 9.72 Å². The molecule has 2 heterocycles. The van der Waals surface area contributed by atoms with Crippen molar-refractivity contribution in [3.63, 3.8) is 0 Å². The van der Waals surface area contributed by atoms with Crippen LogP contribution in [0, 0.1) is 5.92 Å². The van der Waals surface area contributed by atoms with Crippen LogP contribution in [0.15, 0.2) is 23.0 Å². The Morgan fingerprint density at radius 1 is 1.12 bits per heavy atom. The Hall–Kier alpha value is -2.70. The maximum absolute atomic E-state index is 12.9. The molecule has 1 aromatic carbocycles. The SMILES string of the molecule is CC1CCC(N(C)C(=O)COC(=O)c2ccc3c(=O)n4c(nc3c2)CCCCCC4)CC1. The van der Waals surface area contributed by atoms with Gasteiger partial charge in [-0.3, -0.25) is 14.2 Å². The number of rotatable bonds is 4. The van der Waals surface area contributed by atoms with E-state index in [1.807, 2.05) is 0 Å². The van der Waals surface area contributed by atoms with Crippen LogP contribution in [0.4, 0.5) is 0 Å². The van der Waals surface area contributed by atoms with E-state index in [-0.39, 0.29) is 24.1 Å². The van der Waals surface area contributed by atoms with Crippen molar-refractivity contribution < 1.29 is 14.3 Å². The minimum atomic E-state index is -0.570. The Balaban J connectivity index is 1.45. The summed E-state index contributed by atoms with van der Waals surface area (Å²) in [4.78, 5) is 44.5. The van der Waals surface area contributed by atoms with Gasteiger partial charge in [-0.05, 0) is 62.6 Å². The molecule has 1 saturated carbocycles. The molecule has 2 aromatic rings. The number of nitrogens with zero attached hydrogens (tertiary/aromatic N) is 3. The highest BCUT2D eigenvalue weighted by Gasteiger charge is 2.25. The summed E-state index contributed by atoms with van der Waals surface area (Å²) < 4.78 is 7.09. The molecule has 2 aliphatic rings. The summed E-state index contributed by atoms with van der Waals surface area (Å²) >= 11 is 0. The third-order valence-corrected chi connectivity index (χ3v) is 7.06. The number of hydrogen-bond donors (Lipinski definition) is 0. The molecule has 32 heavy (non-hydrogen) atoms. The fourth-order valence-electron chi connectivity index (χ4n) is 4.87. The molecule has 172 valence electrons. The number of aromatic nitrogens is 2. The molecule has 1 aromatic heterocycles. The van der Waals surface area contributed by atoms with Gasteiger partial charge in [-0.15, -0.1) is 0 Å². The first-order chi connectivity index (χ1) is 15.4. The van der Waals surface area contributed by atoms with Gasteiger partial charge >= 0.3 is 5.97 Å². The molecule has 0 N–H and O–H groups in total. The molecule has 0 unspecified atom stereocenters. The second-order valence-corrected chi connectivity index (χ2v) is 9.38. The number of amides is 1. The maximum Gasteiger partial charge on any atom is 0.338 e. The van der Waals surface area contributed by atoms with Crippen molar-refractivity contribution in [1.29, 1.82) is 0 Å². The van der Waals surface area contributed by atoms with Crippen molar-refractivity contribution in [2.75, 3.05) is 13.7 Å². The molecule has 0 spiro atoms. The number of esters is 1. The van der Waals surface area contributed by atoms with E-state index in [1.54, 1.807) is 34.7 Å². The van der Waals surface area contributed by atoms with Crippen LogP contribution in [0.1, 0.15) is 74.5 Å². The van der Waals surface area contributed by atoms with E-state index in [2.05, 4.69) is 6.92 Å². The van der Waals surface area contributed by atoms with Gasteiger partial charge < -0.3 is 9.64 Å². The van der Waals surface area contributed by atoms with Gasteiger partial charge in [-0.1, -0.05) is 19.8 Å². The van der Waals surface area contributed by atoms with Gasteiger partial charge in [0, 0.05) is 26.1 Å². The normalized spacial score (nSPS) is 21.3. The van der Waals surface area contributed by atoms with Gasteiger partial charge in [0.1, 0.15) is 5.82 Å².